The van der Waals surface area contributed by atoms with Gasteiger partial charge in [-0.15, -0.1) is 0 Å². The molecule has 2 heterocycles. The molecule has 17 heavy (non-hydrogen) atoms. The molecule has 2 saturated heterocycles. The number of fused-ring (bicyclic) bond motifs is 2. The number of rotatable bonds is 0. The topological polar surface area (TPSA) is 29.5 Å². The van der Waals surface area contributed by atoms with Crippen molar-refractivity contribution in [3.8, 4) is 0 Å². The number of amides is 1. The number of hydrogen-bond acceptors (Lipinski definition) is 2. The maximum atomic E-state index is 12.6. The van der Waals surface area contributed by atoms with Crippen LogP contribution in [0.1, 0.15) is 35.5 Å². The molecule has 2 aliphatic heterocycles. The molecule has 98 valence electrons. The van der Waals surface area contributed by atoms with Gasteiger partial charge in [0.2, 0.25) is 0 Å². The minimum absolute atomic E-state index is 0.150. The zero-order chi connectivity index (χ0) is 13.9. The van der Waals surface area contributed by atoms with Crippen LogP contribution in [0.25, 0.3) is 0 Å². The normalized spacial score (nSPS) is 40.6. The fraction of sp³-hybridized carbons (Fsp3) is 0.909. The Labute approximate surface area is 99.3 Å². The lowest BCUT2D eigenvalue weighted by atomic mass is 9.85. The lowest BCUT2D eigenvalue weighted by Crippen LogP contribution is -2.64. The maximum absolute atomic E-state index is 12.6. The molecular formula is C11H16F3NO2. The lowest BCUT2D eigenvalue weighted by Gasteiger charge is -2.48. The van der Waals surface area contributed by atoms with Crippen molar-refractivity contribution in [1.29, 1.82) is 0 Å². The summed E-state index contributed by atoms with van der Waals surface area (Å²) in [6.07, 6.45) is -5.05. The van der Waals surface area contributed by atoms with Crippen LogP contribution in [-0.4, -0.2) is 40.3 Å². The van der Waals surface area contributed by atoms with E-state index < -0.39 is 35.4 Å². The minimum Gasteiger partial charge on any atom is -0.368 e. The highest BCUT2D eigenvalue weighted by atomic mass is 19.4. The second-order valence-electron chi connectivity index (χ2n) is 5.32. The Balaban J connectivity index is 2.41. The summed E-state index contributed by atoms with van der Waals surface area (Å²) in [5.74, 6) is -1.83. The highest BCUT2D eigenvalue weighted by molar-refractivity contribution is 5.83. The van der Waals surface area contributed by atoms with Crippen molar-refractivity contribution in [2.24, 2.45) is 0 Å². The summed E-state index contributed by atoms with van der Waals surface area (Å²) in [7, 11) is 0. The van der Waals surface area contributed by atoms with Gasteiger partial charge in [-0.2, -0.15) is 13.2 Å². The van der Waals surface area contributed by atoms with E-state index >= 15 is 0 Å². The van der Waals surface area contributed by atoms with Gasteiger partial charge in [0, 0.05) is 7.79 Å². The summed E-state index contributed by atoms with van der Waals surface area (Å²) in [4.78, 5) is 12.4. The molecule has 0 radical (unpaired) electrons. The number of carbonyl (C=O) groups is 1. The summed E-state index contributed by atoms with van der Waals surface area (Å²) >= 11 is 0. The highest BCUT2D eigenvalue weighted by Crippen LogP contribution is 2.52. The molecule has 6 heteroatoms. The van der Waals surface area contributed by atoms with Crippen LogP contribution in [0.3, 0.4) is 0 Å². The number of likely N-dealkylation sites (tertiary alicyclic amines) is 1. The smallest absolute Gasteiger partial charge is 0.368 e. The van der Waals surface area contributed by atoms with E-state index in [9.17, 15) is 18.0 Å². The third-order valence-corrected chi connectivity index (χ3v) is 4.00. The molecule has 0 aromatic carbocycles. The van der Waals surface area contributed by atoms with Crippen LogP contribution in [0.15, 0.2) is 0 Å². The SMILES string of the molecule is [2H]C[C@]12C[C@@H]([C@H](C)O1)N(C(=O)C(F)(F)F)C2(C)C. The van der Waals surface area contributed by atoms with Gasteiger partial charge in [-0.05, 0) is 27.7 Å². The third kappa shape index (κ3) is 1.49. The van der Waals surface area contributed by atoms with Gasteiger partial charge >= 0.3 is 12.1 Å². The van der Waals surface area contributed by atoms with E-state index in [4.69, 9.17) is 6.11 Å². The maximum Gasteiger partial charge on any atom is 0.471 e. The molecule has 0 aromatic rings. The molecule has 0 saturated carbocycles. The molecule has 3 nitrogen and oxygen atoms in total. The number of morpholine rings is 1. The number of carbonyl (C=O) groups excluding carboxylic acids is 1. The summed E-state index contributed by atoms with van der Waals surface area (Å²) in [5, 5.41) is 0. The van der Waals surface area contributed by atoms with E-state index in [0.29, 0.717) is 6.42 Å². The zero-order valence-corrected chi connectivity index (χ0v) is 9.97. The molecule has 2 bridgehead atoms. The lowest BCUT2D eigenvalue weighted by molar-refractivity contribution is -0.210. The Morgan fingerprint density at radius 2 is 2.12 bits per heavy atom. The Hall–Kier alpha value is -0.780. The van der Waals surface area contributed by atoms with E-state index in [1.54, 1.807) is 6.92 Å². The van der Waals surface area contributed by atoms with E-state index in [2.05, 4.69) is 0 Å². The van der Waals surface area contributed by atoms with Gasteiger partial charge in [-0.3, -0.25) is 4.79 Å². The number of ether oxygens (including phenoxy) is 1. The van der Waals surface area contributed by atoms with Crippen LogP contribution in [0.4, 0.5) is 13.2 Å². The highest BCUT2D eigenvalue weighted by Gasteiger charge is 2.67. The van der Waals surface area contributed by atoms with Crippen molar-refractivity contribution in [2.75, 3.05) is 0 Å². The van der Waals surface area contributed by atoms with Crippen molar-refractivity contribution in [3.05, 3.63) is 0 Å². The van der Waals surface area contributed by atoms with Gasteiger partial charge in [-0.1, -0.05) is 0 Å². The molecule has 3 atom stereocenters. The van der Waals surface area contributed by atoms with Crippen LogP contribution in [0.5, 0.6) is 0 Å². The van der Waals surface area contributed by atoms with Crippen LogP contribution >= 0.6 is 0 Å². The van der Waals surface area contributed by atoms with Crippen molar-refractivity contribution in [3.63, 3.8) is 0 Å². The molecule has 0 aliphatic carbocycles. The summed E-state index contributed by atoms with van der Waals surface area (Å²) in [6.45, 7) is 4.57. The number of nitrogens with zero attached hydrogens (tertiary/aromatic N) is 1. The van der Waals surface area contributed by atoms with Gasteiger partial charge in [0.1, 0.15) is 0 Å². The Morgan fingerprint density at radius 3 is 2.53 bits per heavy atom. The molecule has 0 aromatic heterocycles. The molecule has 0 spiro atoms. The van der Waals surface area contributed by atoms with E-state index in [1.165, 1.54) is 13.8 Å². The fourth-order valence-electron chi connectivity index (χ4n) is 2.86. The van der Waals surface area contributed by atoms with E-state index in [1.807, 2.05) is 0 Å². The fourth-order valence-corrected chi connectivity index (χ4v) is 2.86. The van der Waals surface area contributed by atoms with Crippen molar-refractivity contribution in [1.82, 2.24) is 4.90 Å². The second-order valence-corrected chi connectivity index (χ2v) is 5.32. The molecule has 0 N–H and O–H groups in total. The summed E-state index contributed by atoms with van der Waals surface area (Å²) in [6, 6.07) is -0.598. The molecular weight excluding hydrogens is 235 g/mol. The average Bonchev–Trinajstić information content (AvgIpc) is 2.65. The third-order valence-electron chi connectivity index (χ3n) is 4.00. The van der Waals surface area contributed by atoms with Gasteiger partial charge in [0.05, 0.1) is 23.3 Å². The first-order valence-corrected chi connectivity index (χ1v) is 5.44. The summed E-state index contributed by atoms with van der Waals surface area (Å²) in [5.41, 5.74) is -2.10. The first kappa shape index (κ1) is 11.3. The Kier molecular flexibility index (Phi) is 2.10. The number of halogens is 3. The average molecular weight is 252 g/mol. The quantitative estimate of drug-likeness (QED) is 0.660. The standard InChI is InChI=1S/C11H16F3NO2/c1-6-7-5-10(4,17-6)9(2,3)15(7)8(16)11(12,13)14/h6-7H,5H2,1-4H3/t6-,7-,10+/m0/s1/i4D. The van der Waals surface area contributed by atoms with Crippen molar-refractivity contribution in [2.45, 2.75) is 63.6 Å². The molecule has 1 amide bonds. The Morgan fingerprint density at radius 1 is 1.53 bits per heavy atom. The van der Waals surface area contributed by atoms with Crippen LogP contribution < -0.4 is 0 Å². The largest absolute Gasteiger partial charge is 0.471 e. The zero-order valence-electron chi connectivity index (χ0n) is 11.0. The molecule has 2 aliphatic rings. The number of alkyl halides is 3. The van der Waals surface area contributed by atoms with Gasteiger partial charge in [0.25, 0.3) is 0 Å². The summed E-state index contributed by atoms with van der Waals surface area (Å²) < 4.78 is 51.2. The van der Waals surface area contributed by atoms with Crippen LogP contribution in [-0.2, 0) is 9.53 Å². The minimum atomic E-state index is -4.88. The van der Waals surface area contributed by atoms with Crippen molar-refractivity contribution >= 4 is 5.91 Å². The van der Waals surface area contributed by atoms with Gasteiger partial charge in [-0.25, -0.2) is 0 Å². The Bertz CT molecular complexity index is 385. The first-order valence-electron chi connectivity index (χ1n) is 6.15. The van der Waals surface area contributed by atoms with E-state index in [-0.39, 0.29) is 6.90 Å². The van der Waals surface area contributed by atoms with Crippen molar-refractivity contribution < 1.29 is 24.1 Å². The predicted octanol–water partition coefficient (Wildman–Crippen LogP) is 2.11. The van der Waals surface area contributed by atoms with Gasteiger partial charge in [0.15, 0.2) is 0 Å². The number of hydrogen-bond donors (Lipinski definition) is 0. The second kappa shape index (κ2) is 3.16. The molecule has 0 unspecified atom stereocenters. The van der Waals surface area contributed by atoms with Gasteiger partial charge < -0.3 is 9.64 Å². The van der Waals surface area contributed by atoms with Crippen LogP contribution in [0.2, 0.25) is 0 Å². The molecule has 2 fully saturated rings. The monoisotopic (exact) mass is 252 g/mol. The van der Waals surface area contributed by atoms with E-state index in [0.717, 1.165) is 4.90 Å². The molecule has 2 rings (SSSR count). The predicted molar refractivity (Wildman–Crippen MR) is 54.3 cm³/mol. The first-order chi connectivity index (χ1) is 8.07. The van der Waals surface area contributed by atoms with Crippen LogP contribution in [0, 0.1) is 0 Å².